The molecule has 0 bridgehead atoms. The lowest BCUT2D eigenvalue weighted by molar-refractivity contribution is -0.137. The van der Waals surface area contributed by atoms with Gasteiger partial charge in [-0.2, -0.15) is 18.4 Å². The van der Waals surface area contributed by atoms with E-state index in [2.05, 4.69) is 10.2 Å². The quantitative estimate of drug-likeness (QED) is 0.482. The highest BCUT2D eigenvalue weighted by atomic mass is 19.4. The molecule has 0 saturated heterocycles. The van der Waals surface area contributed by atoms with Crippen LogP contribution in [0.15, 0.2) is 52.9 Å². The molecule has 1 heterocycles. The first-order valence-corrected chi connectivity index (χ1v) is 8.06. The molecule has 0 unspecified atom stereocenters. The lowest BCUT2D eigenvalue weighted by Gasteiger charge is -2.06. The Morgan fingerprint density at radius 2 is 1.89 bits per heavy atom. The summed E-state index contributed by atoms with van der Waals surface area (Å²) < 4.78 is 48.8. The van der Waals surface area contributed by atoms with E-state index in [1.165, 1.54) is 36.4 Å². The maximum Gasteiger partial charge on any atom is 0.416 e. The van der Waals surface area contributed by atoms with Gasteiger partial charge in [-0.1, -0.05) is 6.07 Å². The van der Waals surface area contributed by atoms with Crippen LogP contribution in [0, 0.1) is 11.3 Å². The summed E-state index contributed by atoms with van der Waals surface area (Å²) in [5.41, 5.74) is -0.253. The molecule has 0 aliphatic carbocycles. The second-order valence-corrected chi connectivity index (χ2v) is 5.69. The number of nitrogens with zero attached hydrogens (tertiary/aromatic N) is 3. The summed E-state index contributed by atoms with van der Waals surface area (Å²) in [6.07, 6.45) is -4.47. The van der Waals surface area contributed by atoms with Gasteiger partial charge in [0, 0.05) is 12.0 Å². The summed E-state index contributed by atoms with van der Waals surface area (Å²) in [6, 6.07) is 12.5. The molecule has 6 nitrogen and oxygen atoms in total. The number of hydrogen-bond acceptors (Lipinski definition) is 6. The molecule has 9 heteroatoms. The van der Waals surface area contributed by atoms with Crippen molar-refractivity contribution in [3.8, 4) is 23.3 Å². The van der Waals surface area contributed by atoms with Gasteiger partial charge in [0.1, 0.15) is 5.75 Å². The van der Waals surface area contributed by atoms with Crippen LogP contribution >= 0.6 is 0 Å². The first-order chi connectivity index (χ1) is 13.3. The number of halogens is 3. The summed E-state index contributed by atoms with van der Waals surface area (Å²) in [5.74, 6) is -0.228. The van der Waals surface area contributed by atoms with Crippen molar-refractivity contribution in [2.24, 2.45) is 0 Å². The van der Waals surface area contributed by atoms with E-state index in [1.807, 2.05) is 6.07 Å². The zero-order valence-electron chi connectivity index (χ0n) is 14.2. The van der Waals surface area contributed by atoms with E-state index in [1.54, 1.807) is 0 Å². The molecule has 28 heavy (non-hydrogen) atoms. The first-order valence-electron chi connectivity index (χ1n) is 8.06. The molecule has 0 saturated carbocycles. The molecule has 0 amide bonds. The van der Waals surface area contributed by atoms with Crippen molar-refractivity contribution in [1.82, 2.24) is 10.2 Å². The van der Waals surface area contributed by atoms with Crippen LogP contribution in [-0.4, -0.2) is 16.2 Å². The monoisotopic (exact) mass is 387 g/mol. The Kier molecular flexibility index (Phi) is 5.40. The van der Waals surface area contributed by atoms with Gasteiger partial charge < -0.3 is 9.15 Å². The van der Waals surface area contributed by atoms with Gasteiger partial charge in [0.2, 0.25) is 11.8 Å². The number of esters is 1. The molecule has 0 atom stereocenters. The zero-order valence-corrected chi connectivity index (χ0v) is 14.2. The van der Waals surface area contributed by atoms with E-state index in [0.29, 0.717) is 11.3 Å². The maximum absolute atomic E-state index is 12.8. The Morgan fingerprint density at radius 1 is 1.14 bits per heavy atom. The van der Waals surface area contributed by atoms with Gasteiger partial charge in [-0.05, 0) is 42.5 Å². The molecule has 0 aliphatic heterocycles. The van der Waals surface area contributed by atoms with Gasteiger partial charge in [-0.25, -0.2) is 0 Å². The van der Waals surface area contributed by atoms with E-state index in [0.717, 1.165) is 12.1 Å². The van der Waals surface area contributed by atoms with Crippen LogP contribution in [0.4, 0.5) is 13.2 Å². The van der Waals surface area contributed by atoms with Gasteiger partial charge >= 0.3 is 12.1 Å². The van der Waals surface area contributed by atoms with Gasteiger partial charge in [0.15, 0.2) is 0 Å². The van der Waals surface area contributed by atoms with E-state index in [9.17, 15) is 18.0 Å². The minimum absolute atomic E-state index is 0.0653. The third-order valence-corrected chi connectivity index (χ3v) is 3.66. The third-order valence-electron chi connectivity index (χ3n) is 3.66. The molecule has 3 aromatic rings. The van der Waals surface area contributed by atoms with Crippen LogP contribution in [-0.2, 0) is 17.4 Å². The molecule has 1 aromatic heterocycles. The number of alkyl halides is 3. The van der Waals surface area contributed by atoms with Crippen molar-refractivity contribution in [2.75, 3.05) is 0 Å². The highest BCUT2D eigenvalue weighted by Gasteiger charge is 2.30. The van der Waals surface area contributed by atoms with Crippen molar-refractivity contribution >= 4 is 5.97 Å². The van der Waals surface area contributed by atoms with Crippen molar-refractivity contribution < 1.29 is 27.1 Å². The Balaban J connectivity index is 1.60. The first kappa shape index (κ1) is 19.1. The Morgan fingerprint density at radius 3 is 2.57 bits per heavy atom. The number of carbonyl (C=O) groups excluding carboxylic acids is 1. The second-order valence-electron chi connectivity index (χ2n) is 5.69. The summed E-state index contributed by atoms with van der Waals surface area (Å²) in [6.45, 7) is 0. The van der Waals surface area contributed by atoms with Gasteiger partial charge in [-0.3, -0.25) is 4.79 Å². The molecule has 0 aliphatic rings. The summed E-state index contributed by atoms with van der Waals surface area (Å²) >= 11 is 0. The number of benzene rings is 2. The van der Waals surface area contributed by atoms with Crippen molar-refractivity contribution in [3.05, 3.63) is 65.5 Å². The van der Waals surface area contributed by atoms with E-state index >= 15 is 0 Å². The molecular formula is C19H12F3N3O3. The van der Waals surface area contributed by atoms with Crippen LogP contribution in [0.1, 0.15) is 23.4 Å². The zero-order chi connectivity index (χ0) is 20.1. The average molecular weight is 387 g/mol. The SMILES string of the molecule is N#Cc1ccc(OC(=O)CCc2nnc(-c3cccc(C(F)(F)F)c3)o2)cc1. The van der Waals surface area contributed by atoms with E-state index < -0.39 is 17.7 Å². The normalized spacial score (nSPS) is 11.1. The van der Waals surface area contributed by atoms with Gasteiger partial charge in [0.25, 0.3) is 0 Å². The predicted molar refractivity (Wildman–Crippen MR) is 89.8 cm³/mol. The van der Waals surface area contributed by atoms with Gasteiger partial charge in [-0.15, -0.1) is 10.2 Å². The number of hydrogen-bond donors (Lipinski definition) is 0. The lowest BCUT2D eigenvalue weighted by Crippen LogP contribution is -2.09. The van der Waals surface area contributed by atoms with E-state index in [4.69, 9.17) is 14.4 Å². The summed E-state index contributed by atoms with van der Waals surface area (Å²) in [7, 11) is 0. The largest absolute Gasteiger partial charge is 0.427 e. The molecule has 3 rings (SSSR count). The number of nitriles is 1. The minimum Gasteiger partial charge on any atom is -0.427 e. The fraction of sp³-hybridized carbons (Fsp3) is 0.158. The number of carbonyl (C=O) groups is 1. The molecule has 0 N–H and O–H groups in total. The second kappa shape index (κ2) is 7.92. The molecular weight excluding hydrogens is 375 g/mol. The van der Waals surface area contributed by atoms with Gasteiger partial charge in [0.05, 0.1) is 23.6 Å². The standard InChI is InChI=1S/C19H12F3N3O3/c20-19(21,22)14-3-1-2-13(10-14)18-25-24-16(28-18)8-9-17(26)27-15-6-4-12(11-23)5-7-15/h1-7,10H,8-9H2. The van der Waals surface area contributed by atoms with Crippen LogP contribution in [0.5, 0.6) is 5.75 Å². The average Bonchev–Trinajstić information content (AvgIpc) is 3.16. The smallest absolute Gasteiger partial charge is 0.416 e. The highest BCUT2D eigenvalue weighted by Crippen LogP contribution is 2.31. The third kappa shape index (κ3) is 4.73. The Bertz CT molecular complexity index is 1020. The fourth-order valence-corrected chi connectivity index (χ4v) is 2.29. The summed E-state index contributed by atoms with van der Waals surface area (Å²) in [5, 5.41) is 16.2. The Hall–Kier alpha value is -3.67. The number of aryl methyl sites for hydroxylation is 1. The van der Waals surface area contributed by atoms with Crippen LogP contribution < -0.4 is 4.74 Å². The van der Waals surface area contributed by atoms with Crippen molar-refractivity contribution in [1.29, 1.82) is 5.26 Å². The molecule has 0 radical (unpaired) electrons. The number of aromatic nitrogens is 2. The van der Waals surface area contributed by atoms with Crippen molar-refractivity contribution in [2.45, 2.75) is 19.0 Å². The maximum atomic E-state index is 12.8. The van der Waals surface area contributed by atoms with Crippen molar-refractivity contribution in [3.63, 3.8) is 0 Å². The Labute approximate surface area is 157 Å². The topological polar surface area (TPSA) is 89.0 Å². The van der Waals surface area contributed by atoms with Crippen LogP contribution in [0.3, 0.4) is 0 Å². The molecule has 0 fully saturated rings. The van der Waals surface area contributed by atoms with Crippen LogP contribution in [0.2, 0.25) is 0 Å². The fourth-order valence-electron chi connectivity index (χ4n) is 2.29. The minimum atomic E-state index is -4.48. The number of ether oxygens (including phenoxy) is 1. The molecule has 142 valence electrons. The summed E-state index contributed by atoms with van der Waals surface area (Å²) in [4.78, 5) is 11.9. The lowest BCUT2D eigenvalue weighted by atomic mass is 10.1. The van der Waals surface area contributed by atoms with E-state index in [-0.39, 0.29) is 30.2 Å². The molecule has 0 spiro atoms. The van der Waals surface area contributed by atoms with Crippen LogP contribution in [0.25, 0.3) is 11.5 Å². The highest BCUT2D eigenvalue weighted by molar-refractivity contribution is 5.72. The predicted octanol–water partition coefficient (Wildman–Crippen LogP) is 4.17. The number of rotatable bonds is 5. The molecule has 2 aromatic carbocycles.